The molecule has 0 amide bonds. The Morgan fingerprint density at radius 3 is 2.17 bits per heavy atom. The molecule has 0 bridgehead atoms. The van der Waals surface area contributed by atoms with Crippen molar-refractivity contribution in [2.75, 3.05) is 0 Å². The third kappa shape index (κ3) is 2.43. The van der Waals surface area contributed by atoms with Crippen LogP contribution >= 0.6 is 0 Å². The quantitative estimate of drug-likeness (QED) is 0.604. The summed E-state index contributed by atoms with van der Waals surface area (Å²) in [5.41, 5.74) is 5.46. The fourth-order valence-electron chi connectivity index (χ4n) is 1.99. The molecule has 2 aromatic carbocycles. The average Bonchev–Trinajstić information content (AvgIpc) is 2.90. The molecule has 18 heavy (non-hydrogen) atoms. The summed E-state index contributed by atoms with van der Waals surface area (Å²) in [5.74, 6) is 0. The number of hydrogen-bond acceptors (Lipinski definition) is 0. The van der Waals surface area contributed by atoms with Gasteiger partial charge in [-0.3, -0.25) is 0 Å². The molecule has 0 saturated heterocycles. The van der Waals surface area contributed by atoms with Gasteiger partial charge in [0.25, 0.3) is 0 Å². The van der Waals surface area contributed by atoms with Crippen LogP contribution < -0.4 is 0 Å². The van der Waals surface area contributed by atoms with E-state index in [1.54, 1.807) is 3.58 Å². The average molecular weight is 346 g/mol. The van der Waals surface area contributed by atoms with Crippen LogP contribution in [0.5, 0.6) is 0 Å². The molecule has 0 nitrogen and oxygen atoms in total. The Bertz CT molecular complexity index is 633. The zero-order valence-corrected chi connectivity index (χ0v) is 12.6. The van der Waals surface area contributed by atoms with Crippen LogP contribution in [0.2, 0.25) is 0 Å². The summed E-state index contributed by atoms with van der Waals surface area (Å²) >= 11 is -0.164. The van der Waals surface area contributed by atoms with Gasteiger partial charge in [-0.2, -0.15) is 0 Å². The van der Waals surface area contributed by atoms with Gasteiger partial charge < -0.3 is 0 Å². The van der Waals surface area contributed by atoms with E-state index in [0.29, 0.717) is 0 Å². The van der Waals surface area contributed by atoms with Gasteiger partial charge in [0.1, 0.15) is 0 Å². The summed E-state index contributed by atoms with van der Waals surface area (Å²) in [6, 6.07) is 21.9. The molecular weight excluding hydrogens is 332 g/mol. The molecular formula is C17H14Te. The molecule has 0 fully saturated rings. The number of aryl methyl sites for hydroxylation is 1. The third-order valence-corrected chi connectivity index (χ3v) is 5.84. The van der Waals surface area contributed by atoms with Gasteiger partial charge >= 0.3 is 118 Å². The third-order valence-electron chi connectivity index (χ3n) is 3.04. The van der Waals surface area contributed by atoms with E-state index >= 15 is 0 Å². The van der Waals surface area contributed by atoms with E-state index in [9.17, 15) is 0 Å². The molecule has 1 heteroatoms. The van der Waals surface area contributed by atoms with E-state index in [2.05, 4.69) is 71.7 Å². The Kier molecular flexibility index (Phi) is 3.37. The fraction of sp³-hybridized carbons (Fsp3) is 0.0588. The molecule has 0 radical (unpaired) electrons. The molecule has 0 aliphatic rings. The Morgan fingerprint density at radius 2 is 1.44 bits per heavy atom. The SMILES string of the molecule is Cc1ccc(-c2cc(-c3ccccc3)c[te]2)cc1. The first-order valence-corrected chi connectivity index (χ1v) is 8.55. The van der Waals surface area contributed by atoms with E-state index in [-0.39, 0.29) is 20.4 Å². The number of benzene rings is 2. The van der Waals surface area contributed by atoms with Crippen LogP contribution in [0.3, 0.4) is 0 Å². The van der Waals surface area contributed by atoms with E-state index in [1.165, 1.54) is 22.3 Å². The summed E-state index contributed by atoms with van der Waals surface area (Å²) in [4.78, 5) is 0. The standard InChI is InChI=1S/C17H14Te/c1-13-7-9-15(10-8-13)17-11-16(12-18-17)14-5-3-2-4-6-14/h2-12H,1H3. The zero-order chi connectivity index (χ0) is 12.4. The molecule has 0 N–H and O–H groups in total. The van der Waals surface area contributed by atoms with Gasteiger partial charge in [-0.1, -0.05) is 0 Å². The van der Waals surface area contributed by atoms with Crippen molar-refractivity contribution in [3.05, 3.63) is 70.3 Å². The Hall–Kier alpha value is -1.29. The van der Waals surface area contributed by atoms with Crippen molar-refractivity contribution in [2.24, 2.45) is 0 Å². The Morgan fingerprint density at radius 1 is 0.722 bits per heavy atom. The minimum absolute atomic E-state index is 0.164. The van der Waals surface area contributed by atoms with Crippen molar-refractivity contribution >= 4 is 20.4 Å². The minimum atomic E-state index is -0.164. The second kappa shape index (κ2) is 5.14. The summed E-state index contributed by atoms with van der Waals surface area (Å²) < 4.78 is 3.98. The molecule has 3 rings (SSSR count). The van der Waals surface area contributed by atoms with Crippen LogP contribution in [0.4, 0.5) is 0 Å². The van der Waals surface area contributed by atoms with Crippen molar-refractivity contribution in [2.45, 2.75) is 6.92 Å². The normalized spacial score (nSPS) is 10.5. The van der Waals surface area contributed by atoms with Gasteiger partial charge in [0.2, 0.25) is 0 Å². The van der Waals surface area contributed by atoms with Gasteiger partial charge in [0.05, 0.1) is 0 Å². The van der Waals surface area contributed by atoms with Crippen molar-refractivity contribution < 1.29 is 0 Å². The molecule has 0 atom stereocenters. The van der Waals surface area contributed by atoms with Crippen LogP contribution in [0.15, 0.2) is 64.7 Å². The van der Waals surface area contributed by atoms with E-state index in [4.69, 9.17) is 0 Å². The molecule has 0 saturated carbocycles. The maximum absolute atomic E-state index is 2.44. The Labute approximate surface area is 118 Å². The fourth-order valence-corrected chi connectivity index (χ4v) is 4.63. The van der Waals surface area contributed by atoms with Crippen molar-refractivity contribution in [3.8, 4) is 20.3 Å². The molecule has 1 aromatic heterocycles. The summed E-state index contributed by atoms with van der Waals surface area (Å²) in [6.07, 6.45) is 0. The van der Waals surface area contributed by atoms with Crippen LogP contribution in [0.1, 0.15) is 5.56 Å². The van der Waals surface area contributed by atoms with Crippen LogP contribution in [-0.4, -0.2) is 20.4 Å². The predicted molar refractivity (Wildman–Crippen MR) is 79.0 cm³/mol. The van der Waals surface area contributed by atoms with Crippen molar-refractivity contribution in [1.82, 2.24) is 0 Å². The maximum atomic E-state index is 2.44. The first kappa shape index (κ1) is 11.8. The van der Waals surface area contributed by atoms with Gasteiger partial charge in [-0.05, 0) is 0 Å². The first-order chi connectivity index (χ1) is 8.83. The number of hydrogen-bond donors (Lipinski definition) is 0. The van der Waals surface area contributed by atoms with Gasteiger partial charge in [0.15, 0.2) is 0 Å². The first-order valence-electron chi connectivity index (χ1n) is 6.04. The molecule has 88 valence electrons. The molecule has 0 aliphatic carbocycles. The molecule has 3 aromatic rings. The van der Waals surface area contributed by atoms with Crippen molar-refractivity contribution in [1.29, 1.82) is 0 Å². The Balaban J connectivity index is 1.97. The van der Waals surface area contributed by atoms with Gasteiger partial charge in [-0.25, -0.2) is 0 Å². The zero-order valence-electron chi connectivity index (χ0n) is 10.3. The molecule has 0 spiro atoms. The second-order valence-corrected chi connectivity index (χ2v) is 7.03. The second-order valence-electron chi connectivity index (χ2n) is 4.43. The number of rotatable bonds is 2. The summed E-state index contributed by atoms with van der Waals surface area (Å²) in [6.45, 7) is 2.14. The van der Waals surface area contributed by atoms with E-state index in [0.717, 1.165) is 0 Å². The van der Waals surface area contributed by atoms with E-state index in [1.807, 2.05) is 0 Å². The van der Waals surface area contributed by atoms with Crippen LogP contribution in [0, 0.1) is 6.92 Å². The van der Waals surface area contributed by atoms with Crippen LogP contribution in [-0.2, 0) is 0 Å². The monoisotopic (exact) mass is 348 g/mol. The molecule has 1 heterocycles. The molecule has 0 unspecified atom stereocenters. The van der Waals surface area contributed by atoms with Gasteiger partial charge in [-0.15, -0.1) is 0 Å². The predicted octanol–water partition coefficient (Wildman–Crippen LogP) is 4.39. The van der Waals surface area contributed by atoms with Gasteiger partial charge in [0, 0.05) is 0 Å². The summed E-state index contributed by atoms with van der Waals surface area (Å²) in [7, 11) is 0. The molecule has 0 aliphatic heterocycles. The van der Waals surface area contributed by atoms with E-state index < -0.39 is 0 Å². The van der Waals surface area contributed by atoms with Crippen LogP contribution in [0.25, 0.3) is 20.3 Å². The van der Waals surface area contributed by atoms with Crippen molar-refractivity contribution in [3.63, 3.8) is 0 Å². The topological polar surface area (TPSA) is 0 Å². The summed E-state index contributed by atoms with van der Waals surface area (Å²) in [5, 5.41) is 0.